The van der Waals surface area contributed by atoms with Crippen LogP contribution in [0.3, 0.4) is 0 Å². The summed E-state index contributed by atoms with van der Waals surface area (Å²) in [6.45, 7) is -0.864. The van der Waals surface area contributed by atoms with Gasteiger partial charge < -0.3 is 40.5 Å². The summed E-state index contributed by atoms with van der Waals surface area (Å²) in [6, 6.07) is 0. The Bertz CT molecular complexity index is 210. The molecule has 0 saturated carbocycles. The molecule has 0 aliphatic heterocycles. The maximum Gasteiger partial charge on any atom is 0.151 e. The molecule has 0 aromatic rings. The standard InChI is InChI=1S/C8H16O8/c9-1-3(11)5(13)7(15)8(16)6(14)4(12)2-10/h1,3-8,10-16H,2H2/t3-,4+,5-,6+,7-,8-/m0/s1. The van der Waals surface area contributed by atoms with Crippen molar-refractivity contribution in [3.63, 3.8) is 0 Å². The molecule has 0 amide bonds. The number of aliphatic hydroxyl groups is 7. The summed E-state index contributed by atoms with van der Waals surface area (Å²) < 4.78 is 0. The highest BCUT2D eigenvalue weighted by atomic mass is 16.4. The van der Waals surface area contributed by atoms with Gasteiger partial charge in [-0.15, -0.1) is 0 Å². The van der Waals surface area contributed by atoms with E-state index in [2.05, 4.69) is 0 Å². The number of aliphatic hydroxyl groups excluding tert-OH is 7. The van der Waals surface area contributed by atoms with Crippen LogP contribution in [0.5, 0.6) is 0 Å². The molecule has 0 radical (unpaired) electrons. The minimum Gasteiger partial charge on any atom is -0.394 e. The smallest absolute Gasteiger partial charge is 0.151 e. The largest absolute Gasteiger partial charge is 0.394 e. The molecule has 0 bridgehead atoms. The fourth-order valence-electron chi connectivity index (χ4n) is 1.02. The second-order valence-corrected chi connectivity index (χ2v) is 3.34. The van der Waals surface area contributed by atoms with Crippen molar-refractivity contribution in [3.05, 3.63) is 0 Å². The lowest BCUT2D eigenvalue weighted by atomic mass is 9.97. The van der Waals surface area contributed by atoms with E-state index in [4.69, 9.17) is 25.5 Å². The lowest BCUT2D eigenvalue weighted by molar-refractivity contribution is -0.159. The Kier molecular flexibility index (Phi) is 6.60. The van der Waals surface area contributed by atoms with Gasteiger partial charge in [-0.3, -0.25) is 0 Å². The van der Waals surface area contributed by atoms with E-state index in [9.17, 15) is 15.0 Å². The fraction of sp³-hybridized carbons (Fsp3) is 0.875. The summed E-state index contributed by atoms with van der Waals surface area (Å²) in [6.07, 6.45) is -11.7. The van der Waals surface area contributed by atoms with E-state index >= 15 is 0 Å². The minimum atomic E-state index is -2.05. The van der Waals surface area contributed by atoms with E-state index < -0.39 is 43.2 Å². The Morgan fingerprint density at radius 1 is 0.812 bits per heavy atom. The van der Waals surface area contributed by atoms with Crippen LogP contribution in [0, 0.1) is 0 Å². The average molecular weight is 240 g/mol. The summed E-state index contributed by atoms with van der Waals surface area (Å²) >= 11 is 0. The zero-order valence-electron chi connectivity index (χ0n) is 8.29. The average Bonchev–Trinajstić information content (AvgIpc) is 2.32. The molecule has 0 saturated heterocycles. The van der Waals surface area contributed by atoms with Gasteiger partial charge in [-0.05, 0) is 0 Å². The first-order valence-corrected chi connectivity index (χ1v) is 4.51. The van der Waals surface area contributed by atoms with Gasteiger partial charge in [-0.2, -0.15) is 0 Å². The van der Waals surface area contributed by atoms with Gasteiger partial charge in [0.2, 0.25) is 0 Å². The molecule has 6 atom stereocenters. The van der Waals surface area contributed by atoms with Crippen molar-refractivity contribution in [3.8, 4) is 0 Å². The van der Waals surface area contributed by atoms with Gasteiger partial charge in [0.05, 0.1) is 6.61 Å². The molecule has 8 heteroatoms. The normalized spacial score (nSPS) is 22.9. The van der Waals surface area contributed by atoms with E-state index in [-0.39, 0.29) is 6.29 Å². The van der Waals surface area contributed by atoms with Gasteiger partial charge in [0.15, 0.2) is 6.29 Å². The molecule has 0 fully saturated rings. The second kappa shape index (κ2) is 6.86. The summed E-state index contributed by atoms with van der Waals surface area (Å²) in [5.74, 6) is 0. The maximum absolute atomic E-state index is 10.1. The Labute approximate surface area is 91.0 Å². The molecule has 8 nitrogen and oxygen atoms in total. The minimum absolute atomic E-state index is 0.0601. The van der Waals surface area contributed by atoms with Crippen molar-refractivity contribution in [2.24, 2.45) is 0 Å². The van der Waals surface area contributed by atoms with Crippen molar-refractivity contribution in [1.82, 2.24) is 0 Å². The number of aldehydes is 1. The molecule has 0 aromatic heterocycles. The molecular weight excluding hydrogens is 224 g/mol. The summed E-state index contributed by atoms with van der Waals surface area (Å²) in [5.41, 5.74) is 0. The molecule has 0 unspecified atom stereocenters. The first-order valence-electron chi connectivity index (χ1n) is 4.51. The van der Waals surface area contributed by atoms with Crippen LogP contribution in [-0.4, -0.2) is 85.3 Å². The van der Waals surface area contributed by atoms with Crippen molar-refractivity contribution in [2.45, 2.75) is 36.6 Å². The van der Waals surface area contributed by atoms with E-state index in [1.807, 2.05) is 0 Å². The quantitative estimate of drug-likeness (QED) is 0.219. The molecule has 0 spiro atoms. The molecule has 96 valence electrons. The fourth-order valence-corrected chi connectivity index (χ4v) is 1.02. The Morgan fingerprint density at radius 2 is 1.25 bits per heavy atom. The third-order valence-corrected chi connectivity index (χ3v) is 2.12. The molecule has 0 rings (SSSR count). The predicted molar refractivity (Wildman–Crippen MR) is 49.2 cm³/mol. The van der Waals surface area contributed by atoms with Crippen molar-refractivity contribution in [2.75, 3.05) is 6.61 Å². The van der Waals surface area contributed by atoms with Crippen molar-refractivity contribution in [1.29, 1.82) is 0 Å². The number of hydrogen-bond acceptors (Lipinski definition) is 8. The first kappa shape index (κ1) is 15.4. The van der Waals surface area contributed by atoms with Gasteiger partial charge in [-0.25, -0.2) is 0 Å². The van der Waals surface area contributed by atoms with E-state index in [1.165, 1.54) is 0 Å². The zero-order chi connectivity index (χ0) is 12.9. The van der Waals surface area contributed by atoms with Gasteiger partial charge in [0.1, 0.15) is 36.6 Å². The topological polar surface area (TPSA) is 159 Å². The van der Waals surface area contributed by atoms with Crippen molar-refractivity contribution >= 4 is 6.29 Å². The van der Waals surface area contributed by atoms with Crippen LogP contribution < -0.4 is 0 Å². The second-order valence-electron chi connectivity index (χ2n) is 3.34. The monoisotopic (exact) mass is 240 g/mol. The number of carbonyl (C=O) groups excluding carboxylic acids is 1. The summed E-state index contributed by atoms with van der Waals surface area (Å²) in [5, 5.41) is 63.0. The van der Waals surface area contributed by atoms with E-state index in [0.717, 1.165) is 0 Å². The zero-order valence-corrected chi connectivity index (χ0v) is 8.29. The van der Waals surface area contributed by atoms with Crippen LogP contribution in [0.2, 0.25) is 0 Å². The highest BCUT2D eigenvalue weighted by Crippen LogP contribution is 2.10. The number of carbonyl (C=O) groups is 1. The summed E-state index contributed by atoms with van der Waals surface area (Å²) in [4.78, 5) is 10.1. The number of rotatable bonds is 7. The van der Waals surface area contributed by atoms with Gasteiger partial charge >= 0.3 is 0 Å². The third-order valence-electron chi connectivity index (χ3n) is 2.12. The molecule has 0 aliphatic rings. The Balaban J connectivity index is 4.47. The Hall–Kier alpha value is -0.610. The van der Waals surface area contributed by atoms with Crippen LogP contribution in [0.15, 0.2) is 0 Å². The molecule has 0 heterocycles. The lowest BCUT2D eigenvalue weighted by Gasteiger charge is -2.29. The number of hydrogen-bond donors (Lipinski definition) is 7. The van der Waals surface area contributed by atoms with Crippen LogP contribution in [0.1, 0.15) is 0 Å². The molecule has 16 heavy (non-hydrogen) atoms. The molecule has 7 N–H and O–H groups in total. The van der Waals surface area contributed by atoms with Crippen LogP contribution in [0.25, 0.3) is 0 Å². The van der Waals surface area contributed by atoms with Gasteiger partial charge in [0.25, 0.3) is 0 Å². The van der Waals surface area contributed by atoms with Gasteiger partial charge in [-0.1, -0.05) is 0 Å². The SMILES string of the molecule is O=C[C@H](O)[C@H](O)[C@H](O)[C@@H](O)[C@H](O)[C@H](O)CO. The van der Waals surface area contributed by atoms with Crippen molar-refractivity contribution < 1.29 is 40.5 Å². The summed E-state index contributed by atoms with van der Waals surface area (Å²) in [7, 11) is 0. The van der Waals surface area contributed by atoms with Crippen LogP contribution in [-0.2, 0) is 4.79 Å². The Morgan fingerprint density at radius 3 is 1.62 bits per heavy atom. The molecule has 0 aromatic carbocycles. The van der Waals surface area contributed by atoms with Gasteiger partial charge in [0, 0.05) is 0 Å². The highest BCUT2D eigenvalue weighted by Gasteiger charge is 2.36. The highest BCUT2D eigenvalue weighted by molar-refractivity contribution is 5.56. The van der Waals surface area contributed by atoms with Crippen LogP contribution >= 0.6 is 0 Å². The molecular formula is C8H16O8. The lowest BCUT2D eigenvalue weighted by Crippen LogP contribution is -2.53. The van der Waals surface area contributed by atoms with Crippen LogP contribution in [0.4, 0.5) is 0 Å². The third kappa shape index (κ3) is 3.76. The maximum atomic E-state index is 10.1. The van der Waals surface area contributed by atoms with E-state index in [1.54, 1.807) is 0 Å². The first-order chi connectivity index (χ1) is 7.36. The molecule has 0 aliphatic carbocycles. The predicted octanol–water partition coefficient (Wildman–Crippen LogP) is -4.66. The van der Waals surface area contributed by atoms with E-state index in [0.29, 0.717) is 0 Å².